The molecule has 5 rings (SSSR count). The number of aromatic amines is 1. The Hall–Kier alpha value is -4.65. The molecule has 0 atom stereocenters. The summed E-state index contributed by atoms with van der Waals surface area (Å²) in [5, 5.41) is 6.38. The van der Waals surface area contributed by atoms with Crippen molar-refractivity contribution in [1.29, 1.82) is 0 Å². The third kappa shape index (κ3) is 4.90. The van der Waals surface area contributed by atoms with Crippen LogP contribution in [0.2, 0.25) is 0 Å². The fourth-order valence-corrected chi connectivity index (χ4v) is 4.25. The number of anilines is 2. The fraction of sp³-hybridized carbons (Fsp3) is 0.138. The lowest BCUT2D eigenvalue weighted by atomic mass is 9.99. The summed E-state index contributed by atoms with van der Waals surface area (Å²) in [7, 11) is 0. The number of fused-ring (bicyclic) bond motifs is 1. The molecule has 3 N–H and O–H groups in total. The van der Waals surface area contributed by atoms with Gasteiger partial charge in [0.2, 0.25) is 0 Å². The van der Waals surface area contributed by atoms with Gasteiger partial charge >= 0.3 is 5.97 Å². The highest BCUT2D eigenvalue weighted by molar-refractivity contribution is 6.37. The van der Waals surface area contributed by atoms with Crippen molar-refractivity contribution in [3.8, 4) is 0 Å². The Morgan fingerprint density at radius 2 is 1.78 bits per heavy atom. The van der Waals surface area contributed by atoms with Crippen molar-refractivity contribution >= 4 is 34.5 Å². The lowest BCUT2D eigenvalue weighted by Crippen LogP contribution is -2.10. The van der Waals surface area contributed by atoms with Crippen molar-refractivity contribution in [1.82, 2.24) is 9.97 Å². The first-order chi connectivity index (χ1) is 17.6. The maximum atomic E-state index is 13.2. The summed E-state index contributed by atoms with van der Waals surface area (Å²) < 4.78 is 5.10. The number of benzene rings is 3. The Bertz CT molecular complexity index is 1410. The van der Waals surface area contributed by atoms with Gasteiger partial charge in [0, 0.05) is 17.4 Å². The standard InChI is InChI=1S/C29H26N4O3/c1-2-36-29(35)21-11-15-24-25(16-21)33-28(34)26(24)27(20-6-4-3-5-7-20)32-22-12-8-19(9-13-22)10-14-23-17-30-18-31-23/h3-9,11-13,15-18,32H,2,10,14H2,1H3,(H,30,31)(H,33,34). The van der Waals surface area contributed by atoms with E-state index < -0.39 is 5.97 Å². The van der Waals surface area contributed by atoms with Gasteiger partial charge < -0.3 is 20.4 Å². The number of rotatable bonds is 8. The lowest BCUT2D eigenvalue weighted by Gasteiger charge is -2.15. The van der Waals surface area contributed by atoms with Gasteiger partial charge in [0.15, 0.2) is 0 Å². The van der Waals surface area contributed by atoms with E-state index in [0.717, 1.165) is 35.3 Å². The maximum absolute atomic E-state index is 13.2. The highest BCUT2D eigenvalue weighted by Gasteiger charge is 2.29. The van der Waals surface area contributed by atoms with Gasteiger partial charge in [-0.05, 0) is 55.2 Å². The normalized spacial score (nSPS) is 13.6. The van der Waals surface area contributed by atoms with Crippen LogP contribution in [-0.2, 0) is 22.4 Å². The molecule has 0 aliphatic carbocycles. The van der Waals surface area contributed by atoms with Crippen molar-refractivity contribution in [2.45, 2.75) is 19.8 Å². The number of nitrogens with zero attached hydrogens (tertiary/aromatic N) is 1. The van der Waals surface area contributed by atoms with Crippen LogP contribution < -0.4 is 10.6 Å². The van der Waals surface area contributed by atoms with Crippen LogP contribution in [0.4, 0.5) is 11.4 Å². The zero-order valence-electron chi connectivity index (χ0n) is 19.9. The zero-order valence-corrected chi connectivity index (χ0v) is 19.9. The summed E-state index contributed by atoms with van der Waals surface area (Å²) in [4.78, 5) is 32.6. The Morgan fingerprint density at radius 1 is 0.972 bits per heavy atom. The van der Waals surface area contributed by atoms with Crippen LogP contribution in [0.5, 0.6) is 0 Å². The molecular weight excluding hydrogens is 452 g/mol. The third-order valence-electron chi connectivity index (χ3n) is 6.04. The van der Waals surface area contributed by atoms with Gasteiger partial charge in [0.25, 0.3) is 5.91 Å². The monoisotopic (exact) mass is 478 g/mol. The number of H-pyrrole nitrogens is 1. The van der Waals surface area contributed by atoms with Crippen LogP contribution in [-0.4, -0.2) is 28.5 Å². The average Bonchev–Trinajstić information content (AvgIpc) is 3.54. The second-order valence-corrected chi connectivity index (χ2v) is 8.43. The van der Waals surface area contributed by atoms with E-state index in [2.05, 4.69) is 32.7 Å². The van der Waals surface area contributed by atoms with E-state index in [9.17, 15) is 9.59 Å². The Morgan fingerprint density at radius 3 is 2.50 bits per heavy atom. The summed E-state index contributed by atoms with van der Waals surface area (Å²) in [6, 6.07) is 23.1. The van der Waals surface area contributed by atoms with Gasteiger partial charge in [-0.15, -0.1) is 0 Å². The molecule has 1 amide bonds. The molecule has 0 radical (unpaired) electrons. The van der Waals surface area contributed by atoms with E-state index in [1.165, 1.54) is 5.56 Å². The molecule has 0 unspecified atom stereocenters. The average molecular weight is 479 g/mol. The van der Waals surface area contributed by atoms with Crippen LogP contribution in [0, 0.1) is 0 Å². The van der Waals surface area contributed by atoms with Crippen LogP contribution in [0.15, 0.2) is 85.3 Å². The predicted octanol–water partition coefficient (Wildman–Crippen LogP) is 5.30. The third-order valence-corrected chi connectivity index (χ3v) is 6.04. The van der Waals surface area contributed by atoms with Crippen LogP contribution in [0.3, 0.4) is 0 Å². The second-order valence-electron chi connectivity index (χ2n) is 8.43. The fourth-order valence-electron chi connectivity index (χ4n) is 4.25. The number of nitrogens with one attached hydrogen (secondary N) is 3. The molecule has 0 saturated carbocycles. The minimum absolute atomic E-state index is 0.229. The van der Waals surface area contributed by atoms with E-state index >= 15 is 0 Å². The number of aromatic nitrogens is 2. The minimum Gasteiger partial charge on any atom is -0.462 e. The SMILES string of the molecule is CCOC(=O)c1ccc2c(c1)NC(=O)C2=C(Nc1ccc(CCc2c[nH]cn2)cc1)c1ccccc1. The molecule has 180 valence electrons. The van der Waals surface area contributed by atoms with Crippen LogP contribution in [0.25, 0.3) is 11.3 Å². The van der Waals surface area contributed by atoms with Gasteiger partial charge in [-0.25, -0.2) is 9.78 Å². The van der Waals surface area contributed by atoms with Crippen LogP contribution >= 0.6 is 0 Å². The second kappa shape index (κ2) is 10.3. The van der Waals surface area contributed by atoms with Gasteiger partial charge in [-0.3, -0.25) is 4.79 Å². The van der Waals surface area contributed by atoms with Crippen molar-refractivity contribution in [2.75, 3.05) is 17.2 Å². The maximum Gasteiger partial charge on any atom is 0.338 e. The zero-order chi connectivity index (χ0) is 24.9. The van der Waals surface area contributed by atoms with Crippen molar-refractivity contribution in [3.05, 3.63) is 113 Å². The summed E-state index contributed by atoms with van der Waals surface area (Å²) in [6.45, 7) is 2.05. The quantitative estimate of drug-likeness (QED) is 0.236. The molecule has 36 heavy (non-hydrogen) atoms. The first-order valence-electron chi connectivity index (χ1n) is 11.9. The van der Waals surface area contributed by atoms with E-state index in [0.29, 0.717) is 22.5 Å². The highest BCUT2D eigenvalue weighted by atomic mass is 16.5. The first-order valence-corrected chi connectivity index (χ1v) is 11.9. The molecule has 4 aromatic rings. The molecule has 1 aromatic heterocycles. The molecule has 7 heteroatoms. The number of carbonyl (C=O) groups excluding carboxylic acids is 2. The van der Waals surface area contributed by atoms with Crippen molar-refractivity contribution < 1.29 is 14.3 Å². The highest BCUT2D eigenvalue weighted by Crippen LogP contribution is 2.38. The summed E-state index contributed by atoms with van der Waals surface area (Å²) in [6.07, 6.45) is 5.35. The Balaban J connectivity index is 1.46. The number of ether oxygens (including phenoxy) is 1. The van der Waals surface area contributed by atoms with E-state index in [4.69, 9.17) is 4.74 Å². The molecule has 0 bridgehead atoms. The number of imidazole rings is 1. The van der Waals surface area contributed by atoms with Crippen LogP contribution in [0.1, 0.15) is 39.7 Å². The first kappa shape index (κ1) is 23.1. The number of hydrogen-bond acceptors (Lipinski definition) is 5. The summed E-state index contributed by atoms with van der Waals surface area (Å²) >= 11 is 0. The molecule has 3 aromatic carbocycles. The topological polar surface area (TPSA) is 96.1 Å². The molecular formula is C29H26N4O3. The molecule has 7 nitrogen and oxygen atoms in total. The number of esters is 1. The smallest absolute Gasteiger partial charge is 0.338 e. The van der Waals surface area contributed by atoms with E-state index in [1.807, 2.05) is 48.7 Å². The summed E-state index contributed by atoms with van der Waals surface area (Å²) in [5.41, 5.74) is 6.92. The predicted molar refractivity (Wildman–Crippen MR) is 140 cm³/mol. The number of carbonyl (C=O) groups is 2. The number of amides is 1. The molecule has 1 aliphatic rings. The van der Waals surface area contributed by atoms with E-state index in [1.54, 1.807) is 31.5 Å². The number of hydrogen-bond donors (Lipinski definition) is 3. The largest absolute Gasteiger partial charge is 0.462 e. The molecule has 1 aliphatic heterocycles. The Kier molecular flexibility index (Phi) is 6.62. The molecule has 0 saturated heterocycles. The van der Waals surface area contributed by atoms with Gasteiger partial charge in [0.1, 0.15) is 0 Å². The van der Waals surface area contributed by atoms with Gasteiger partial charge in [0.05, 0.1) is 41.1 Å². The number of aryl methyl sites for hydroxylation is 2. The Labute approximate surface area is 209 Å². The molecule has 2 heterocycles. The van der Waals surface area contributed by atoms with Gasteiger partial charge in [-0.1, -0.05) is 48.5 Å². The van der Waals surface area contributed by atoms with E-state index in [-0.39, 0.29) is 12.5 Å². The van der Waals surface area contributed by atoms with Crippen molar-refractivity contribution in [2.24, 2.45) is 0 Å². The lowest BCUT2D eigenvalue weighted by molar-refractivity contribution is -0.110. The summed E-state index contributed by atoms with van der Waals surface area (Å²) in [5.74, 6) is -0.645. The van der Waals surface area contributed by atoms with Crippen molar-refractivity contribution in [3.63, 3.8) is 0 Å². The molecule has 0 fully saturated rings. The van der Waals surface area contributed by atoms with Gasteiger partial charge in [-0.2, -0.15) is 0 Å². The minimum atomic E-state index is -0.416. The molecule has 0 spiro atoms.